The number of piperidine rings is 1. The predicted octanol–water partition coefficient (Wildman–Crippen LogP) is 2.29. The molecule has 0 atom stereocenters. The highest BCUT2D eigenvalue weighted by molar-refractivity contribution is 7.92. The Hall–Kier alpha value is -0.820. The summed E-state index contributed by atoms with van der Waals surface area (Å²) in [5.41, 5.74) is 6.07. The standard InChI is InChI=1S/C13H21N3O2S2/c1-13(2)6-3-7-16(8-13)12-10(11(14)15-19-12)20(17,18)9-4-5-9/h9H,3-8H2,1-2H3,(H2,14,15). The number of hydrogen-bond donors (Lipinski definition) is 1. The third-order valence-corrected chi connectivity index (χ3v) is 7.47. The van der Waals surface area contributed by atoms with Crippen LogP contribution < -0.4 is 10.6 Å². The van der Waals surface area contributed by atoms with Crippen LogP contribution in [0, 0.1) is 5.41 Å². The number of hydrogen-bond acceptors (Lipinski definition) is 6. The molecule has 1 saturated carbocycles. The topological polar surface area (TPSA) is 76.3 Å². The number of anilines is 2. The molecule has 0 amide bonds. The normalized spacial score (nSPS) is 23.0. The molecule has 0 unspecified atom stereocenters. The Balaban J connectivity index is 1.99. The molecule has 1 aromatic heterocycles. The Labute approximate surface area is 124 Å². The van der Waals surface area contributed by atoms with Gasteiger partial charge in [0.25, 0.3) is 0 Å². The van der Waals surface area contributed by atoms with E-state index in [9.17, 15) is 8.42 Å². The number of nitrogens with zero attached hydrogens (tertiary/aromatic N) is 2. The number of nitrogen functional groups attached to an aromatic ring is 1. The van der Waals surface area contributed by atoms with Crippen LogP contribution in [0.5, 0.6) is 0 Å². The van der Waals surface area contributed by atoms with Gasteiger partial charge in [0, 0.05) is 13.1 Å². The number of rotatable bonds is 3. The van der Waals surface area contributed by atoms with E-state index in [1.54, 1.807) is 0 Å². The van der Waals surface area contributed by atoms with Crippen molar-refractivity contribution in [3.05, 3.63) is 0 Å². The van der Waals surface area contributed by atoms with E-state index in [-0.39, 0.29) is 16.5 Å². The lowest BCUT2D eigenvalue weighted by molar-refractivity contribution is 0.293. The summed E-state index contributed by atoms with van der Waals surface area (Å²) < 4.78 is 29.2. The first-order chi connectivity index (χ1) is 9.31. The maximum atomic E-state index is 12.6. The van der Waals surface area contributed by atoms with Crippen molar-refractivity contribution in [2.45, 2.75) is 49.7 Å². The van der Waals surface area contributed by atoms with Gasteiger partial charge in [-0.2, -0.15) is 4.37 Å². The van der Waals surface area contributed by atoms with Crippen molar-refractivity contribution in [3.63, 3.8) is 0 Å². The largest absolute Gasteiger partial charge is 0.382 e. The molecule has 3 rings (SSSR count). The predicted molar refractivity (Wildman–Crippen MR) is 82.0 cm³/mol. The van der Waals surface area contributed by atoms with Gasteiger partial charge < -0.3 is 10.6 Å². The Morgan fingerprint density at radius 2 is 2.10 bits per heavy atom. The fourth-order valence-corrected chi connectivity index (χ4v) is 5.95. The molecule has 2 heterocycles. The highest BCUT2D eigenvalue weighted by Gasteiger charge is 2.42. The summed E-state index contributed by atoms with van der Waals surface area (Å²) in [4.78, 5) is 2.45. The molecule has 0 radical (unpaired) electrons. The first-order valence-corrected chi connectivity index (χ1v) is 9.37. The van der Waals surface area contributed by atoms with Crippen LogP contribution in [-0.4, -0.2) is 31.1 Å². The van der Waals surface area contributed by atoms with E-state index in [4.69, 9.17) is 5.73 Å². The van der Waals surface area contributed by atoms with Crippen molar-refractivity contribution >= 4 is 32.2 Å². The highest BCUT2D eigenvalue weighted by atomic mass is 32.2. The Morgan fingerprint density at radius 3 is 2.70 bits per heavy atom. The summed E-state index contributed by atoms with van der Waals surface area (Å²) in [6, 6.07) is 0. The third kappa shape index (κ3) is 2.41. The molecule has 5 nitrogen and oxygen atoms in total. The second kappa shape index (κ2) is 4.59. The minimum Gasteiger partial charge on any atom is -0.382 e. The zero-order chi connectivity index (χ0) is 14.5. The minimum atomic E-state index is -3.29. The summed E-state index contributed by atoms with van der Waals surface area (Å²) >= 11 is 1.23. The Morgan fingerprint density at radius 1 is 1.40 bits per heavy atom. The van der Waals surface area contributed by atoms with Gasteiger partial charge in [0.1, 0.15) is 9.90 Å². The summed E-state index contributed by atoms with van der Waals surface area (Å²) in [6.07, 6.45) is 3.75. The molecule has 2 aliphatic rings. The molecule has 1 aliphatic heterocycles. The molecular weight excluding hydrogens is 294 g/mol. The molecule has 1 saturated heterocycles. The van der Waals surface area contributed by atoms with Gasteiger partial charge in [0.05, 0.1) is 5.25 Å². The smallest absolute Gasteiger partial charge is 0.187 e. The molecule has 1 aromatic rings. The lowest BCUT2D eigenvalue weighted by Crippen LogP contribution is -2.40. The molecule has 112 valence electrons. The van der Waals surface area contributed by atoms with Gasteiger partial charge in [0.15, 0.2) is 15.7 Å². The second-order valence-corrected chi connectivity index (χ2v) is 9.55. The van der Waals surface area contributed by atoms with E-state index < -0.39 is 9.84 Å². The fourth-order valence-electron chi connectivity index (χ4n) is 2.90. The number of sulfone groups is 1. The molecular formula is C13H21N3O2S2. The van der Waals surface area contributed by atoms with E-state index in [0.29, 0.717) is 4.90 Å². The molecule has 0 aromatic carbocycles. The molecule has 7 heteroatoms. The summed E-state index contributed by atoms with van der Waals surface area (Å²) in [7, 11) is -3.29. The van der Waals surface area contributed by atoms with Crippen LogP contribution in [0.1, 0.15) is 39.5 Å². The van der Waals surface area contributed by atoms with Crippen LogP contribution >= 0.6 is 11.5 Å². The highest BCUT2D eigenvalue weighted by Crippen LogP contribution is 2.44. The number of aromatic nitrogens is 1. The van der Waals surface area contributed by atoms with E-state index in [1.807, 2.05) is 0 Å². The Bertz CT molecular complexity index is 618. The van der Waals surface area contributed by atoms with E-state index in [2.05, 4.69) is 23.1 Å². The monoisotopic (exact) mass is 315 g/mol. The maximum Gasteiger partial charge on any atom is 0.187 e. The van der Waals surface area contributed by atoms with E-state index in [1.165, 1.54) is 18.0 Å². The third-order valence-electron chi connectivity index (χ3n) is 4.09. The van der Waals surface area contributed by atoms with Crippen LogP contribution in [0.2, 0.25) is 0 Å². The van der Waals surface area contributed by atoms with Crippen molar-refractivity contribution < 1.29 is 8.42 Å². The van der Waals surface area contributed by atoms with Crippen molar-refractivity contribution in [3.8, 4) is 0 Å². The van der Waals surface area contributed by atoms with Crippen LogP contribution in [0.3, 0.4) is 0 Å². The van der Waals surface area contributed by atoms with E-state index >= 15 is 0 Å². The molecule has 0 spiro atoms. The van der Waals surface area contributed by atoms with Crippen LogP contribution in [0.4, 0.5) is 10.8 Å². The van der Waals surface area contributed by atoms with Crippen LogP contribution in [-0.2, 0) is 9.84 Å². The summed E-state index contributed by atoms with van der Waals surface area (Å²) in [5.74, 6) is 0.181. The quantitative estimate of drug-likeness (QED) is 0.926. The zero-order valence-electron chi connectivity index (χ0n) is 11.9. The van der Waals surface area contributed by atoms with Crippen molar-refractivity contribution in [2.75, 3.05) is 23.7 Å². The van der Waals surface area contributed by atoms with Gasteiger partial charge in [-0.05, 0) is 42.6 Å². The van der Waals surface area contributed by atoms with Gasteiger partial charge in [-0.25, -0.2) is 8.42 Å². The van der Waals surface area contributed by atoms with Crippen LogP contribution in [0.15, 0.2) is 4.90 Å². The first kappa shape index (κ1) is 14.1. The zero-order valence-corrected chi connectivity index (χ0v) is 13.6. The Kier molecular flexibility index (Phi) is 3.25. The lowest BCUT2D eigenvalue weighted by atomic mass is 9.84. The van der Waals surface area contributed by atoms with Gasteiger partial charge in [-0.3, -0.25) is 0 Å². The van der Waals surface area contributed by atoms with Crippen molar-refractivity contribution in [1.29, 1.82) is 0 Å². The van der Waals surface area contributed by atoms with Gasteiger partial charge in [-0.15, -0.1) is 0 Å². The van der Waals surface area contributed by atoms with Gasteiger partial charge in [-0.1, -0.05) is 13.8 Å². The first-order valence-electron chi connectivity index (χ1n) is 7.05. The summed E-state index contributed by atoms with van der Waals surface area (Å²) in [5, 5.41) is 0.514. The average Bonchev–Trinajstić information content (AvgIpc) is 3.12. The van der Waals surface area contributed by atoms with Crippen molar-refractivity contribution in [1.82, 2.24) is 4.37 Å². The summed E-state index contributed by atoms with van der Waals surface area (Å²) in [6.45, 7) is 6.19. The van der Waals surface area contributed by atoms with Gasteiger partial charge >= 0.3 is 0 Å². The molecule has 1 aliphatic carbocycles. The van der Waals surface area contributed by atoms with Gasteiger partial charge in [0.2, 0.25) is 0 Å². The van der Waals surface area contributed by atoms with Crippen LogP contribution in [0.25, 0.3) is 0 Å². The minimum absolute atomic E-state index is 0.181. The molecule has 2 fully saturated rings. The fraction of sp³-hybridized carbons (Fsp3) is 0.769. The average molecular weight is 315 g/mol. The second-order valence-electron chi connectivity index (χ2n) is 6.64. The molecule has 2 N–H and O–H groups in total. The molecule has 20 heavy (non-hydrogen) atoms. The SMILES string of the molecule is CC1(C)CCCN(c2snc(N)c2S(=O)(=O)C2CC2)C1. The van der Waals surface area contributed by atoms with Crippen molar-refractivity contribution in [2.24, 2.45) is 5.41 Å². The molecule has 0 bridgehead atoms. The van der Waals surface area contributed by atoms with E-state index in [0.717, 1.165) is 37.4 Å². The number of nitrogens with two attached hydrogens (primary N) is 1. The lowest BCUT2D eigenvalue weighted by Gasteiger charge is -2.38. The maximum absolute atomic E-state index is 12.6.